The topological polar surface area (TPSA) is 38.8 Å². The van der Waals surface area contributed by atoms with Gasteiger partial charge in [0.05, 0.1) is 12.1 Å². The molecular formula is C17H23Cl2NO3. The van der Waals surface area contributed by atoms with Crippen molar-refractivity contribution in [2.75, 3.05) is 20.2 Å². The van der Waals surface area contributed by atoms with E-state index in [2.05, 4.69) is 0 Å². The van der Waals surface area contributed by atoms with E-state index in [0.29, 0.717) is 28.9 Å². The summed E-state index contributed by atoms with van der Waals surface area (Å²) < 4.78 is 10.9. The van der Waals surface area contributed by atoms with Crippen molar-refractivity contribution in [2.45, 2.75) is 45.1 Å². The lowest BCUT2D eigenvalue weighted by atomic mass is 9.89. The molecule has 0 radical (unpaired) electrons. The van der Waals surface area contributed by atoms with E-state index in [0.717, 1.165) is 18.4 Å². The van der Waals surface area contributed by atoms with Gasteiger partial charge in [-0.1, -0.05) is 23.2 Å². The van der Waals surface area contributed by atoms with Gasteiger partial charge in [-0.05, 0) is 51.7 Å². The Hall–Kier alpha value is -1.13. The van der Waals surface area contributed by atoms with Crippen molar-refractivity contribution in [1.29, 1.82) is 0 Å². The van der Waals surface area contributed by atoms with E-state index in [1.807, 2.05) is 26.8 Å². The van der Waals surface area contributed by atoms with Gasteiger partial charge >= 0.3 is 6.09 Å². The van der Waals surface area contributed by atoms with Gasteiger partial charge in [0.1, 0.15) is 11.4 Å². The standard InChI is InChI=1S/C17H23Cl2NO3/c1-17(2,3)23-16(21)20-7-5-11(6-8-20)13-9-12(18)10-14(19)15(13)22-4/h9-11H,5-8H2,1-4H3. The van der Waals surface area contributed by atoms with Crippen molar-refractivity contribution in [3.63, 3.8) is 0 Å². The highest BCUT2D eigenvalue weighted by Crippen LogP contribution is 2.40. The molecule has 128 valence electrons. The number of methoxy groups -OCH3 is 1. The lowest BCUT2D eigenvalue weighted by Gasteiger charge is -2.34. The summed E-state index contributed by atoms with van der Waals surface area (Å²) in [5.74, 6) is 0.937. The fourth-order valence-electron chi connectivity index (χ4n) is 2.80. The van der Waals surface area contributed by atoms with Crippen LogP contribution in [0.4, 0.5) is 4.79 Å². The first-order chi connectivity index (χ1) is 10.7. The molecule has 0 aliphatic carbocycles. The van der Waals surface area contributed by atoms with Gasteiger partial charge in [-0.2, -0.15) is 0 Å². The summed E-state index contributed by atoms with van der Waals surface area (Å²) in [5, 5.41) is 1.12. The van der Waals surface area contributed by atoms with Crippen LogP contribution in [0.2, 0.25) is 10.0 Å². The maximum atomic E-state index is 12.1. The third-order valence-electron chi connectivity index (χ3n) is 3.83. The number of amides is 1. The van der Waals surface area contributed by atoms with Crippen LogP contribution in [0.25, 0.3) is 0 Å². The van der Waals surface area contributed by atoms with E-state index < -0.39 is 5.60 Å². The number of piperidine rings is 1. The second-order valence-corrected chi connectivity index (χ2v) is 7.60. The average molecular weight is 360 g/mol. The first-order valence-electron chi connectivity index (χ1n) is 7.72. The summed E-state index contributed by atoms with van der Waals surface area (Å²) in [6.45, 7) is 6.91. The molecule has 0 spiro atoms. The van der Waals surface area contributed by atoms with Gasteiger partial charge in [0.25, 0.3) is 0 Å². The van der Waals surface area contributed by atoms with Gasteiger partial charge in [-0.3, -0.25) is 0 Å². The molecule has 0 unspecified atom stereocenters. The molecule has 4 nitrogen and oxygen atoms in total. The van der Waals surface area contributed by atoms with E-state index in [-0.39, 0.29) is 12.0 Å². The maximum Gasteiger partial charge on any atom is 0.410 e. The van der Waals surface area contributed by atoms with Gasteiger partial charge in [-0.25, -0.2) is 4.79 Å². The van der Waals surface area contributed by atoms with Crippen LogP contribution in [0.1, 0.15) is 45.1 Å². The highest BCUT2D eigenvalue weighted by Gasteiger charge is 2.29. The van der Waals surface area contributed by atoms with Crippen molar-refractivity contribution >= 4 is 29.3 Å². The minimum Gasteiger partial charge on any atom is -0.495 e. The van der Waals surface area contributed by atoms with Gasteiger partial charge in [0.15, 0.2) is 0 Å². The highest BCUT2D eigenvalue weighted by atomic mass is 35.5. The molecule has 23 heavy (non-hydrogen) atoms. The van der Waals surface area contributed by atoms with Crippen molar-refractivity contribution in [3.05, 3.63) is 27.7 Å². The summed E-state index contributed by atoms with van der Waals surface area (Å²) in [6, 6.07) is 3.58. The Labute approximate surface area is 147 Å². The SMILES string of the molecule is COc1c(Cl)cc(Cl)cc1C1CCN(C(=O)OC(C)(C)C)CC1. The Balaban J connectivity index is 2.06. The molecule has 0 atom stereocenters. The van der Waals surface area contributed by atoms with Gasteiger partial charge < -0.3 is 14.4 Å². The Morgan fingerprint density at radius 1 is 1.22 bits per heavy atom. The Bertz CT molecular complexity index is 576. The van der Waals surface area contributed by atoms with Crippen LogP contribution in [0.3, 0.4) is 0 Å². The number of carbonyl (C=O) groups excluding carboxylic acids is 1. The summed E-state index contributed by atoms with van der Waals surface area (Å²) in [6.07, 6.45) is 1.39. The van der Waals surface area contributed by atoms with E-state index in [1.165, 1.54) is 0 Å². The number of rotatable bonds is 2. The number of carbonyl (C=O) groups is 1. The van der Waals surface area contributed by atoms with Crippen LogP contribution >= 0.6 is 23.2 Å². The Morgan fingerprint density at radius 2 is 1.83 bits per heavy atom. The minimum absolute atomic E-state index is 0.257. The van der Waals surface area contributed by atoms with Gasteiger partial charge in [0, 0.05) is 23.7 Å². The zero-order valence-corrected chi connectivity index (χ0v) is 15.5. The monoisotopic (exact) mass is 359 g/mol. The first kappa shape index (κ1) is 18.2. The molecule has 1 aromatic carbocycles. The summed E-state index contributed by atoms with van der Waals surface area (Å²) in [4.78, 5) is 13.9. The summed E-state index contributed by atoms with van der Waals surface area (Å²) in [7, 11) is 1.61. The molecule has 1 fully saturated rings. The van der Waals surface area contributed by atoms with E-state index in [1.54, 1.807) is 18.1 Å². The molecule has 1 aromatic rings. The van der Waals surface area contributed by atoms with E-state index >= 15 is 0 Å². The molecular weight excluding hydrogens is 337 g/mol. The number of likely N-dealkylation sites (tertiary alicyclic amines) is 1. The predicted octanol–water partition coefficient (Wildman–Crippen LogP) is 5.12. The smallest absolute Gasteiger partial charge is 0.410 e. The first-order valence-corrected chi connectivity index (χ1v) is 8.47. The number of ether oxygens (including phenoxy) is 2. The van der Waals surface area contributed by atoms with Gasteiger partial charge in [0.2, 0.25) is 0 Å². The fraction of sp³-hybridized carbons (Fsp3) is 0.588. The van der Waals surface area contributed by atoms with Crippen LogP contribution in [0, 0.1) is 0 Å². The number of hydrogen-bond acceptors (Lipinski definition) is 3. The zero-order chi connectivity index (χ0) is 17.2. The highest BCUT2D eigenvalue weighted by molar-refractivity contribution is 6.35. The molecule has 1 heterocycles. The molecule has 0 aromatic heterocycles. The maximum absolute atomic E-state index is 12.1. The molecule has 6 heteroatoms. The van der Waals surface area contributed by atoms with Gasteiger partial charge in [-0.15, -0.1) is 0 Å². The molecule has 0 bridgehead atoms. The lowest BCUT2D eigenvalue weighted by molar-refractivity contribution is 0.0204. The Morgan fingerprint density at radius 3 is 2.35 bits per heavy atom. The van der Waals surface area contributed by atoms with Crippen LogP contribution in [-0.2, 0) is 4.74 Å². The molecule has 2 rings (SSSR count). The minimum atomic E-state index is -0.475. The lowest BCUT2D eigenvalue weighted by Crippen LogP contribution is -2.41. The van der Waals surface area contributed by atoms with E-state index in [4.69, 9.17) is 32.7 Å². The molecule has 1 amide bonds. The molecule has 0 N–H and O–H groups in total. The molecule has 1 aliphatic heterocycles. The number of benzene rings is 1. The third-order valence-corrected chi connectivity index (χ3v) is 4.33. The molecule has 1 saturated heterocycles. The molecule has 0 saturated carbocycles. The molecule has 1 aliphatic rings. The largest absolute Gasteiger partial charge is 0.495 e. The van der Waals surface area contributed by atoms with Crippen LogP contribution in [0.15, 0.2) is 12.1 Å². The van der Waals surface area contributed by atoms with Crippen molar-refractivity contribution < 1.29 is 14.3 Å². The second-order valence-electron chi connectivity index (χ2n) is 6.75. The van der Waals surface area contributed by atoms with Crippen molar-refractivity contribution in [1.82, 2.24) is 4.90 Å². The predicted molar refractivity (Wildman–Crippen MR) is 92.8 cm³/mol. The van der Waals surface area contributed by atoms with Crippen LogP contribution in [-0.4, -0.2) is 36.8 Å². The van der Waals surface area contributed by atoms with Crippen molar-refractivity contribution in [3.8, 4) is 5.75 Å². The average Bonchev–Trinajstić information content (AvgIpc) is 2.45. The summed E-state index contributed by atoms with van der Waals surface area (Å²) in [5.41, 5.74) is 0.534. The third kappa shape index (κ3) is 4.67. The fourth-order valence-corrected chi connectivity index (χ4v) is 3.38. The number of nitrogens with zero attached hydrogens (tertiary/aromatic N) is 1. The zero-order valence-electron chi connectivity index (χ0n) is 14.0. The normalized spacial score (nSPS) is 16.3. The van der Waals surface area contributed by atoms with Crippen LogP contribution < -0.4 is 4.74 Å². The van der Waals surface area contributed by atoms with E-state index in [9.17, 15) is 4.79 Å². The van der Waals surface area contributed by atoms with Crippen LogP contribution in [0.5, 0.6) is 5.75 Å². The Kier molecular flexibility index (Phi) is 5.69. The second kappa shape index (κ2) is 7.18. The quantitative estimate of drug-likeness (QED) is 0.735. The number of halogens is 2. The number of hydrogen-bond donors (Lipinski definition) is 0. The summed E-state index contributed by atoms with van der Waals surface area (Å²) >= 11 is 12.3. The van der Waals surface area contributed by atoms with Crippen molar-refractivity contribution in [2.24, 2.45) is 0 Å².